The van der Waals surface area contributed by atoms with Gasteiger partial charge in [-0.3, -0.25) is 4.79 Å². The van der Waals surface area contributed by atoms with Crippen molar-refractivity contribution in [3.8, 4) is 11.6 Å². The Morgan fingerprint density at radius 2 is 1.83 bits per heavy atom. The zero-order chi connectivity index (χ0) is 16.8. The van der Waals surface area contributed by atoms with Gasteiger partial charge in [-0.1, -0.05) is 24.3 Å². The third-order valence-electron chi connectivity index (χ3n) is 4.08. The van der Waals surface area contributed by atoms with Crippen LogP contribution in [0.3, 0.4) is 0 Å². The van der Waals surface area contributed by atoms with Gasteiger partial charge in [0.2, 0.25) is 5.88 Å². The summed E-state index contributed by atoms with van der Waals surface area (Å²) in [5.41, 5.74) is 0. The maximum atomic E-state index is 12.5. The molecule has 0 unspecified atom stereocenters. The van der Waals surface area contributed by atoms with Crippen molar-refractivity contribution in [2.75, 3.05) is 13.1 Å². The first-order valence-corrected chi connectivity index (χ1v) is 8.30. The Kier molecular flexibility index (Phi) is 5.31. The van der Waals surface area contributed by atoms with E-state index in [4.69, 9.17) is 9.47 Å². The van der Waals surface area contributed by atoms with Gasteiger partial charge < -0.3 is 14.4 Å². The second-order valence-corrected chi connectivity index (χ2v) is 5.88. The van der Waals surface area contributed by atoms with Crippen LogP contribution in [0.4, 0.5) is 0 Å². The average Bonchev–Trinajstić information content (AvgIpc) is 2.63. The predicted molar refractivity (Wildman–Crippen MR) is 91.0 cm³/mol. The first-order valence-electron chi connectivity index (χ1n) is 8.30. The molecule has 1 saturated heterocycles. The van der Waals surface area contributed by atoms with E-state index in [1.807, 2.05) is 53.4 Å². The van der Waals surface area contributed by atoms with Gasteiger partial charge in [0, 0.05) is 38.2 Å². The number of rotatable bonds is 5. The van der Waals surface area contributed by atoms with Gasteiger partial charge in [-0.25, -0.2) is 4.98 Å². The Hall–Kier alpha value is -2.56. The smallest absolute Gasteiger partial charge is 0.263 e. The van der Waals surface area contributed by atoms with Crippen molar-refractivity contribution >= 4 is 5.91 Å². The highest BCUT2D eigenvalue weighted by atomic mass is 16.5. The van der Waals surface area contributed by atoms with E-state index in [2.05, 4.69) is 4.98 Å². The van der Waals surface area contributed by atoms with Crippen LogP contribution in [-0.4, -0.2) is 41.1 Å². The second kappa shape index (κ2) is 7.81. The van der Waals surface area contributed by atoms with Crippen LogP contribution in [0.5, 0.6) is 11.6 Å². The number of hydrogen-bond acceptors (Lipinski definition) is 4. The lowest BCUT2D eigenvalue weighted by atomic mass is 10.1. The number of piperidine rings is 1. The molecular formula is C19H22N2O3. The number of benzene rings is 1. The summed E-state index contributed by atoms with van der Waals surface area (Å²) in [6.07, 6.45) is 2.95. The van der Waals surface area contributed by atoms with Gasteiger partial charge in [0.05, 0.1) is 0 Å². The van der Waals surface area contributed by atoms with Crippen LogP contribution in [0.1, 0.15) is 19.8 Å². The molecule has 24 heavy (non-hydrogen) atoms. The van der Waals surface area contributed by atoms with Crippen molar-refractivity contribution in [2.45, 2.75) is 32.0 Å². The quantitative estimate of drug-likeness (QED) is 0.848. The van der Waals surface area contributed by atoms with E-state index < -0.39 is 6.10 Å². The standard InChI is InChI=1S/C19H22N2O3/c1-15(23-16-7-3-2-4-8-16)19(22)21-13-10-17(11-14-21)24-18-9-5-6-12-20-18/h2-9,12,15,17H,10-11,13-14H2,1H3/t15-/m1/s1. The van der Waals surface area contributed by atoms with Gasteiger partial charge >= 0.3 is 0 Å². The SMILES string of the molecule is C[C@@H](Oc1ccccc1)C(=O)N1CCC(Oc2ccccn2)CC1. The van der Waals surface area contributed by atoms with E-state index in [-0.39, 0.29) is 12.0 Å². The summed E-state index contributed by atoms with van der Waals surface area (Å²) in [4.78, 5) is 18.5. The molecule has 3 rings (SSSR count). The summed E-state index contributed by atoms with van der Waals surface area (Å²) >= 11 is 0. The molecule has 2 aromatic rings. The van der Waals surface area contributed by atoms with Gasteiger partial charge in [0.25, 0.3) is 5.91 Å². The first-order chi connectivity index (χ1) is 11.7. The number of ether oxygens (including phenoxy) is 2. The lowest BCUT2D eigenvalue weighted by molar-refractivity contribution is -0.139. The molecule has 2 heterocycles. The van der Waals surface area contributed by atoms with Crippen LogP contribution in [0.15, 0.2) is 54.7 Å². The minimum absolute atomic E-state index is 0.0233. The van der Waals surface area contributed by atoms with Crippen LogP contribution in [-0.2, 0) is 4.79 Å². The normalized spacial score (nSPS) is 16.5. The predicted octanol–water partition coefficient (Wildman–Crippen LogP) is 2.92. The first kappa shape index (κ1) is 16.3. The van der Waals surface area contributed by atoms with E-state index in [0.29, 0.717) is 24.7 Å². The summed E-state index contributed by atoms with van der Waals surface area (Å²) in [6, 6.07) is 15.1. The lowest BCUT2D eigenvalue weighted by Crippen LogP contribution is -2.46. The third-order valence-corrected chi connectivity index (χ3v) is 4.08. The van der Waals surface area contributed by atoms with Crippen molar-refractivity contribution in [3.63, 3.8) is 0 Å². The molecule has 0 spiro atoms. The number of aromatic nitrogens is 1. The average molecular weight is 326 g/mol. The minimum Gasteiger partial charge on any atom is -0.481 e. The van der Waals surface area contributed by atoms with Crippen molar-refractivity contribution in [3.05, 3.63) is 54.7 Å². The molecule has 0 radical (unpaired) electrons. The van der Waals surface area contributed by atoms with Crippen LogP contribution >= 0.6 is 0 Å². The number of likely N-dealkylation sites (tertiary alicyclic amines) is 1. The number of carbonyl (C=O) groups is 1. The highest BCUT2D eigenvalue weighted by Crippen LogP contribution is 2.18. The number of pyridine rings is 1. The van der Waals surface area contributed by atoms with Crippen LogP contribution in [0.25, 0.3) is 0 Å². The van der Waals surface area contributed by atoms with Crippen molar-refractivity contribution < 1.29 is 14.3 Å². The van der Waals surface area contributed by atoms with Gasteiger partial charge in [-0.2, -0.15) is 0 Å². The number of nitrogens with zero attached hydrogens (tertiary/aromatic N) is 2. The number of amides is 1. The minimum atomic E-state index is -0.486. The highest BCUT2D eigenvalue weighted by molar-refractivity contribution is 5.81. The van der Waals surface area contributed by atoms with Gasteiger partial charge in [-0.15, -0.1) is 0 Å². The molecule has 0 N–H and O–H groups in total. The highest BCUT2D eigenvalue weighted by Gasteiger charge is 2.27. The molecule has 1 amide bonds. The van der Waals surface area contributed by atoms with E-state index in [1.165, 1.54) is 0 Å². The second-order valence-electron chi connectivity index (χ2n) is 5.88. The van der Waals surface area contributed by atoms with Crippen LogP contribution in [0.2, 0.25) is 0 Å². The topological polar surface area (TPSA) is 51.7 Å². The number of hydrogen-bond donors (Lipinski definition) is 0. The fourth-order valence-corrected chi connectivity index (χ4v) is 2.79. The third kappa shape index (κ3) is 4.25. The van der Waals surface area contributed by atoms with Gasteiger partial charge in [0.1, 0.15) is 11.9 Å². The Labute approximate surface area is 142 Å². The molecule has 1 aliphatic rings. The van der Waals surface area contributed by atoms with Gasteiger partial charge in [0.15, 0.2) is 6.10 Å². The molecule has 1 aromatic carbocycles. The zero-order valence-electron chi connectivity index (χ0n) is 13.8. The molecule has 1 aliphatic heterocycles. The van der Waals surface area contributed by atoms with Crippen molar-refractivity contribution in [1.82, 2.24) is 9.88 Å². The summed E-state index contributed by atoms with van der Waals surface area (Å²) in [6.45, 7) is 3.16. The Morgan fingerprint density at radius 1 is 1.12 bits per heavy atom. The molecule has 126 valence electrons. The van der Waals surface area contributed by atoms with E-state index in [9.17, 15) is 4.79 Å². The number of para-hydroxylation sites is 1. The lowest BCUT2D eigenvalue weighted by Gasteiger charge is -2.33. The van der Waals surface area contributed by atoms with Crippen LogP contribution in [0, 0.1) is 0 Å². The van der Waals surface area contributed by atoms with Crippen LogP contribution < -0.4 is 9.47 Å². The fraction of sp³-hybridized carbons (Fsp3) is 0.368. The van der Waals surface area contributed by atoms with E-state index in [1.54, 1.807) is 13.1 Å². The Bertz CT molecular complexity index is 640. The molecule has 5 heteroatoms. The zero-order valence-corrected chi connectivity index (χ0v) is 13.8. The number of carbonyl (C=O) groups excluding carboxylic acids is 1. The fourth-order valence-electron chi connectivity index (χ4n) is 2.79. The van der Waals surface area contributed by atoms with E-state index >= 15 is 0 Å². The van der Waals surface area contributed by atoms with Crippen molar-refractivity contribution in [1.29, 1.82) is 0 Å². The summed E-state index contributed by atoms with van der Waals surface area (Å²) in [5, 5.41) is 0. The molecular weight excluding hydrogens is 304 g/mol. The maximum Gasteiger partial charge on any atom is 0.263 e. The summed E-state index contributed by atoms with van der Waals surface area (Å²) in [5.74, 6) is 1.38. The van der Waals surface area contributed by atoms with Gasteiger partial charge in [-0.05, 0) is 25.1 Å². The molecule has 0 aliphatic carbocycles. The van der Waals surface area contributed by atoms with Crippen molar-refractivity contribution in [2.24, 2.45) is 0 Å². The molecule has 5 nitrogen and oxygen atoms in total. The monoisotopic (exact) mass is 326 g/mol. The van der Waals surface area contributed by atoms with E-state index in [0.717, 1.165) is 12.8 Å². The molecule has 0 bridgehead atoms. The maximum absolute atomic E-state index is 12.5. The molecule has 0 saturated carbocycles. The molecule has 1 aromatic heterocycles. The summed E-state index contributed by atoms with van der Waals surface area (Å²) in [7, 11) is 0. The Morgan fingerprint density at radius 3 is 2.50 bits per heavy atom. The molecule has 1 fully saturated rings. The largest absolute Gasteiger partial charge is 0.481 e. The Balaban J connectivity index is 1.48. The molecule has 1 atom stereocenters. The summed E-state index contributed by atoms with van der Waals surface area (Å²) < 4.78 is 11.6.